The summed E-state index contributed by atoms with van der Waals surface area (Å²) in [4.78, 5) is 15.8. The van der Waals surface area contributed by atoms with Crippen molar-refractivity contribution in [1.82, 2.24) is 15.1 Å². The van der Waals surface area contributed by atoms with E-state index in [-0.39, 0.29) is 11.4 Å². The van der Waals surface area contributed by atoms with Gasteiger partial charge in [-0.1, -0.05) is 30.0 Å². The Balaban J connectivity index is 1.41. The number of piperidine rings is 1. The Bertz CT molecular complexity index is 1200. The number of nitrogens with one attached hydrogen (secondary N) is 1. The summed E-state index contributed by atoms with van der Waals surface area (Å²) in [7, 11) is 3.81. The van der Waals surface area contributed by atoms with E-state index in [1.54, 1.807) is 24.9 Å². The molecule has 0 saturated carbocycles. The van der Waals surface area contributed by atoms with E-state index in [2.05, 4.69) is 58.8 Å². The molecule has 1 unspecified atom stereocenters. The van der Waals surface area contributed by atoms with Crippen LogP contribution in [0.1, 0.15) is 40.7 Å². The molecule has 2 aromatic carbocycles. The number of rotatable bonds is 11. The van der Waals surface area contributed by atoms with Crippen molar-refractivity contribution in [3.8, 4) is 11.8 Å². The second-order valence-corrected chi connectivity index (χ2v) is 10.9. The van der Waals surface area contributed by atoms with Gasteiger partial charge < -0.3 is 19.9 Å². The molecule has 0 bridgehead atoms. The quantitative estimate of drug-likeness (QED) is 0.437. The first-order valence-corrected chi connectivity index (χ1v) is 13.8. The number of aliphatic carboxylic acids is 1. The number of carboxylic acids is 1. The molecule has 2 N–H and O–H groups in total. The molecule has 4 rings (SSSR count). The van der Waals surface area contributed by atoms with Crippen molar-refractivity contribution < 1.29 is 19.4 Å². The molecular formula is C29H36N4O4S. The summed E-state index contributed by atoms with van der Waals surface area (Å²) in [6.45, 7) is 6.46. The molecule has 202 valence electrons. The van der Waals surface area contributed by atoms with E-state index in [1.807, 2.05) is 12.1 Å². The Morgan fingerprint density at radius 1 is 1.26 bits per heavy atom. The number of nitriles is 1. The van der Waals surface area contributed by atoms with Crippen molar-refractivity contribution in [2.45, 2.75) is 38.4 Å². The van der Waals surface area contributed by atoms with E-state index in [1.165, 1.54) is 11.1 Å². The number of benzene rings is 2. The van der Waals surface area contributed by atoms with Gasteiger partial charge >= 0.3 is 5.97 Å². The molecular weight excluding hydrogens is 500 g/mol. The van der Waals surface area contributed by atoms with E-state index >= 15 is 0 Å². The van der Waals surface area contributed by atoms with Crippen LogP contribution in [-0.2, 0) is 22.7 Å². The van der Waals surface area contributed by atoms with Crippen LogP contribution in [0.5, 0.6) is 5.75 Å². The number of hydrogen-bond donors (Lipinski definition) is 2. The Kier molecular flexibility index (Phi) is 9.69. The summed E-state index contributed by atoms with van der Waals surface area (Å²) < 4.78 is 11.5. The fraction of sp³-hybridized carbons (Fsp3) is 0.448. The van der Waals surface area contributed by atoms with E-state index in [0.717, 1.165) is 48.8 Å². The van der Waals surface area contributed by atoms with Crippen LogP contribution < -0.4 is 10.1 Å². The van der Waals surface area contributed by atoms with Crippen LogP contribution in [-0.4, -0.2) is 66.8 Å². The van der Waals surface area contributed by atoms with Crippen LogP contribution in [0.4, 0.5) is 0 Å². The lowest BCUT2D eigenvalue weighted by Gasteiger charge is -2.34. The number of hydrogen-bond acceptors (Lipinski definition) is 8. The average molecular weight is 537 g/mol. The number of thioether (sulfide) groups is 1. The predicted octanol–water partition coefficient (Wildman–Crippen LogP) is 4.24. The number of likely N-dealkylation sites (N-methyl/N-ethyl adjacent to an activating group) is 1. The van der Waals surface area contributed by atoms with Gasteiger partial charge in [0.1, 0.15) is 17.9 Å². The van der Waals surface area contributed by atoms with Gasteiger partial charge in [0.2, 0.25) is 0 Å². The predicted molar refractivity (Wildman–Crippen MR) is 149 cm³/mol. The summed E-state index contributed by atoms with van der Waals surface area (Å²) in [6.07, 6.45) is 1.31. The number of methoxy groups -OCH3 is 1. The number of likely N-dealkylation sites (tertiary alicyclic amines) is 1. The average Bonchev–Trinajstić information content (AvgIpc) is 3.42. The van der Waals surface area contributed by atoms with Crippen molar-refractivity contribution in [2.75, 3.05) is 40.4 Å². The fourth-order valence-corrected chi connectivity index (χ4v) is 5.82. The normalized spacial score (nSPS) is 18.2. The summed E-state index contributed by atoms with van der Waals surface area (Å²) in [5.41, 5.74) is 5.92. The molecule has 1 fully saturated rings. The van der Waals surface area contributed by atoms with Gasteiger partial charge in [-0.3, -0.25) is 14.6 Å². The maximum atomic E-state index is 11.3. The van der Waals surface area contributed by atoms with Gasteiger partial charge in [-0.2, -0.15) is 5.26 Å². The van der Waals surface area contributed by atoms with Crippen molar-refractivity contribution in [3.05, 3.63) is 69.6 Å². The fourth-order valence-electron chi connectivity index (χ4n) is 4.78. The SMILES string of the molecule is COCCN(C)Cc1ccc(COc2ccc(C#N)cc2C2=CSC(N3CCC(C(=O)O)CC3)N2)c(C)c1. The molecule has 0 amide bonds. The monoisotopic (exact) mass is 536 g/mol. The molecule has 0 radical (unpaired) electrons. The second-order valence-electron chi connectivity index (χ2n) is 9.92. The molecule has 1 saturated heterocycles. The zero-order chi connectivity index (χ0) is 27.1. The lowest BCUT2D eigenvalue weighted by molar-refractivity contribution is -0.143. The highest BCUT2D eigenvalue weighted by molar-refractivity contribution is 8.03. The van der Waals surface area contributed by atoms with Gasteiger partial charge in [0, 0.05) is 38.9 Å². The maximum absolute atomic E-state index is 11.3. The Labute approximate surface area is 229 Å². The molecule has 0 aliphatic carbocycles. The van der Waals surface area contributed by atoms with Gasteiger partial charge in [0.05, 0.1) is 29.9 Å². The minimum absolute atomic E-state index is 0.0372. The van der Waals surface area contributed by atoms with Crippen LogP contribution in [0.3, 0.4) is 0 Å². The topological polar surface area (TPSA) is 98.1 Å². The third-order valence-electron chi connectivity index (χ3n) is 7.12. The molecule has 0 aromatic heterocycles. The molecule has 2 aromatic rings. The first-order chi connectivity index (χ1) is 18.4. The van der Waals surface area contributed by atoms with Gasteiger partial charge in [-0.05, 0) is 67.1 Å². The Morgan fingerprint density at radius 2 is 2.05 bits per heavy atom. The van der Waals surface area contributed by atoms with Crippen molar-refractivity contribution in [1.29, 1.82) is 5.26 Å². The van der Waals surface area contributed by atoms with Gasteiger partial charge in [-0.25, -0.2) is 0 Å². The third kappa shape index (κ3) is 7.08. The minimum atomic E-state index is -0.704. The third-order valence-corrected chi connectivity index (χ3v) is 8.17. The van der Waals surface area contributed by atoms with Gasteiger partial charge in [0.15, 0.2) is 0 Å². The number of carbonyl (C=O) groups is 1. The second kappa shape index (κ2) is 13.2. The zero-order valence-electron chi connectivity index (χ0n) is 22.3. The molecule has 1 atom stereocenters. The van der Waals surface area contributed by atoms with Crippen molar-refractivity contribution in [2.24, 2.45) is 5.92 Å². The highest BCUT2D eigenvalue weighted by atomic mass is 32.2. The van der Waals surface area contributed by atoms with Crippen LogP contribution in [0.2, 0.25) is 0 Å². The summed E-state index contributed by atoms with van der Waals surface area (Å²) in [6, 6.07) is 14.2. The lowest BCUT2D eigenvalue weighted by atomic mass is 9.97. The first kappa shape index (κ1) is 28.0. The largest absolute Gasteiger partial charge is 0.488 e. The molecule has 2 aliphatic rings. The van der Waals surface area contributed by atoms with Gasteiger partial charge in [0.25, 0.3) is 0 Å². The molecule has 38 heavy (non-hydrogen) atoms. The molecule has 2 aliphatic heterocycles. The number of carboxylic acid groups (broad SMARTS) is 1. The van der Waals surface area contributed by atoms with Gasteiger partial charge in [-0.15, -0.1) is 0 Å². The van der Waals surface area contributed by atoms with Crippen LogP contribution in [0, 0.1) is 24.2 Å². The van der Waals surface area contributed by atoms with Crippen LogP contribution in [0.15, 0.2) is 41.8 Å². The Morgan fingerprint density at radius 3 is 2.74 bits per heavy atom. The molecule has 9 heteroatoms. The highest BCUT2D eigenvalue weighted by Gasteiger charge is 2.31. The number of aryl methyl sites for hydroxylation is 1. The van der Waals surface area contributed by atoms with Crippen LogP contribution >= 0.6 is 11.8 Å². The van der Waals surface area contributed by atoms with E-state index in [4.69, 9.17) is 9.47 Å². The minimum Gasteiger partial charge on any atom is -0.488 e. The zero-order valence-corrected chi connectivity index (χ0v) is 23.1. The van der Waals surface area contributed by atoms with E-state index in [9.17, 15) is 15.2 Å². The molecule has 2 heterocycles. The van der Waals surface area contributed by atoms with Crippen molar-refractivity contribution in [3.63, 3.8) is 0 Å². The van der Waals surface area contributed by atoms with Crippen LogP contribution in [0.25, 0.3) is 5.70 Å². The standard InChI is InChI=1S/C29H36N4O4S/c1-20-14-22(17-32(2)12-13-36-3)4-6-24(20)18-37-27-7-5-21(16-30)15-25(27)26-19-38-29(31-26)33-10-8-23(9-11-33)28(34)35/h4-7,14-15,19,23,29,31H,8-13,17-18H2,1-3H3,(H,34,35). The molecule has 8 nitrogen and oxygen atoms in total. The van der Waals surface area contributed by atoms with E-state index < -0.39 is 5.97 Å². The smallest absolute Gasteiger partial charge is 0.306 e. The number of ether oxygens (including phenoxy) is 2. The summed E-state index contributed by atoms with van der Waals surface area (Å²) in [5, 5.41) is 24.4. The lowest BCUT2D eigenvalue weighted by Crippen LogP contribution is -2.45. The summed E-state index contributed by atoms with van der Waals surface area (Å²) >= 11 is 1.67. The summed E-state index contributed by atoms with van der Waals surface area (Å²) in [5.74, 6) is -0.243. The van der Waals surface area contributed by atoms with Crippen molar-refractivity contribution >= 4 is 23.4 Å². The molecule has 0 spiro atoms. The first-order valence-electron chi connectivity index (χ1n) is 12.9. The Hall–Kier alpha value is -3.03. The van der Waals surface area contributed by atoms with E-state index in [0.29, 0.717) is 31.6 Å². The number of nitrogens with zero attached hydrogens (tertiary/aromatic N) is 3. The highest BCUT2D eigenvalue weighted by Crippen LogP contribution is 2.36. The maximum Gasteiger partial charge on any atom is 0.306 e.